The molecule has 0 saturated heterocycles. The van der Waals surface area contributed by atoms with Gasteiger partial charge in [0.05, 0.1) is 19.9 Å². The molecule has 0 amide bonds. The Balaban J connectivity index is 1.63. The van der Waals surface area contributed by atoms with Gasteiger partial charge in [0.1, 0.15) is 24.8 Å². The van der Waals surface area contributed by atoms with E-state index in [0.29, 0.717) is 41.7 Å². The predicted octanol–water partition coefficient (Wildman–Crippen LogP) is 4.20. The monoisotopic (exact) mass is 429 g/mol. The van der Waals surface area contributed by atoms with E-state index in [0.717, 1.165) is 17.6 Å². The summed E-state index contributed by atoms with van der Waals surface area (Å²) in [5.41, 5.74) is 1.53. The Morgan fingerprint density at radius 1 is 1.13 bits per heavy atom. The Bertz CT molecular complexity index is 945. The van der Waals surface area contributed by atoms with Gasteiger partial charge in [0.25, 0.3) is 0 Å². The number of aliphatic hydroxyl groups is 1. The number of furan rings is 1. The average molecular weight is 430 g/mol. The fourth-order valence-corrected chi connectivity index (χ4v) is 3.33. The molecule has 0 bridgehead atoms. The van der Waals surface area contributed by atoms with Crippen LogP contribution in [0.2, 0.25) is 5.02 Å². The van der Waals surface area contributed by atoms with E-state index in [-0.39, 0.29) is 6.61 Å². The van der Waals surface area contributed by atoms with E-state index in [1.165, 1.54) is 7.11 Å². The fourth-order valence-electron chi connectivity index (χ4n) is 3.11. The second kappa shape index (κ2) is 10.8. The van der Waals surface area contributed by atoms with Crippen LogP contribution in [0, 0.1) is 0 Å². The Morgan fingerprint density at radius 3 is 2.70 bits per heavy atom. The standard InChI is InChI=1S/C23H24ClNO5/c1-28-23-11-18(15-26)7-8-22(23)30-16-20(27)13-25(14-21-6-3-9-29-21)12-17-4-2-5-19(24)10-17/h2-11,15,20,27H,12-14,16H2,1H3. The van der Waals surface area contributed by atoms with Gasteiger partial charge in [-0.15, -0.1) is 0 Å². The molecule has 0 aliphatic carbocycles. The first-order valence-corrected chi connectivity index (χ1v) is 9.88. The van der Waals surface area contributed by atoms with E-state index in [1.54, 1.807) is 24.5 Å². The van der Waals surface area contributed by atoms with Crippen LogP contribution in [0.25, 0.3) is 0 Å². The highest BCUT2D eigenvalue weighted by atomic mass is 35.5. The van der Waals surface area contributed by atoms with Crippen molar-refractivity contribution >= 4 is 17.9 Å². The summed E-state index contributed by atoms with van der Waals surface area (Å²) in [6.45, 7) is 1.56. The number of methoxy groups -OCH3 is 1. The van der Waals surface area contributed by atoms with Gasteiger partial charge in [-0.1, -0.05) is 23.7 Å². The number of aliphatic hydroxyl groups excluding tert-OH is 1. The third kappa shape index (κ3) is 6.35. The minimum Gasteiger partial charge on any atom is -0.493 e. The molecular weight excluding hydrogens is 406 g/mol. The maximum Gasteiger partial charge on any atom is 0.161 e. The molecule has 2 aromatic carbocycles. The lowest BCUT2D eigenvalue weighted by atomic mass is 10.2. The molecule has 1 aromatic heterocycles. The van der Waals surface area contributed by atoms with Gasteiger partial charge in [-0.2, -0.15) is 0 Å². The summed E-state index contributed by atoms with van der Waals surface area (Å²) in [7, 11) is 1.50. The number of halogens is 1. The normalized spacial score (nSPS) is 12.0. The van der Waals surface area contributed by atoms with Gasteiger partial charge in [-0.25, -0.2) is 0 Å². The minimum absolute atomic E-state index is 0.0704. The Labute approximate surface area is 180 Å². The average Bonchev–Trinajstić information content (AvgIpc) is 3.25. The zero-order valence-electron chi connectivity index (χ0n) is 16.7. The molecule has 0 aliphatic heterocycles. The van der Waals surface area contributed by atoms with E-state index in [2.05, 4.69) is 4.90 Å². The first kappa shape index (κ1) is 21.9. The van der Waals surface area contributed by atoms with E-state index in [4.69, 9.17) is 25.5 Å². The van der Waals surface area contributed by atoms with Crippen LogP contribution in [-0.4, -0.2) is 42.7 Å². The molecule has 1 unspecified atom stereocenters. The topological polar surface area (TPSA) is 72.1 Å². The van der Waals surface area contributed by atoms with Crippen LogP contribution in [0.15, 0.2) is 65.3 Å². The summed E-state index contributed by atoms with van der Waals surface area (Å²) in [4.78, 5) is 13.0. The summed E-state index contributed by atoms with van der Waals surface area (Å²) >= 11 is 6.10. The smallest absolute Gasteiger partial charge is 0.161 e. The fraction of sp³-hybridized carbons (Fsp3) is 0.261. The van der Waals surface area contributed by atoms with Crippen molar-refractivity contribution < 1.29 is 23.8 Å². The molecule has 1 atom stereocenters. The minimum atomic E-state index is -0.755. The number of hydrogen-bond acceptors (Lipinski definition) is 6. The van der Waals surface area contributed by atoms with Gasteiger partial charge in [0.2, 0.25) is 0 Å². The van der Waals surface area contributed by atoms with Crippen LogP contribution in [0.4, 0.5) is 0 Å². The number of carbonyl (C=O) groups is 1. The van der Waals surface area contributed by atoms with Gasteiger partial charge in [-0.05, 0) is 48.0 Å². The van der Waals surface area contributed by atoms with Crippen molar-refractivity contribution in [2.24, 2.45) is 0 Å². The third-order valence-electron chi connectivity index (χ3n) is 4.48. The molecule has 0 aliphatic rings. The van der Waals surface area contributed by atoms with Crippen molar-refractivity contribution in [3.63, 3.8) is 0 Å². The van der Waals surface area contributed by atoms with Crippen molar-refractivity contribution in [2.45, 2.75) is 19.2 Å². The summed E-state index contributed by atoms with van der Waals surface area (Å²) in [5, 5.41) is 11.3. The van der Waals surface area contributed by atoms with Gasteiger partial charge >= 0.3 is 0 Å². The largest absolute Gasteiger partial charge is 0.493 e. The van der Waals surface area contributed by atoms with Gasteiger partial charge in [-0.3, -0.25) is 9.69 Å². The maximum atomic E-state index is 10.9. The third-order valence-corrected chi connectivity index (χ3v) is 4.71. The summed E-state index contributed by atoms with van der Waals surface area (Å²) in [6.07, 6.45) is 1.61. The molecular formula is C23H24ClNO5. The van der Waals surface area contributed by atoms with Crippen LogP contribution >= 0.6 is 11.6 Å². The number of aldehydes is 1. The summed E-state index contributed by atoms with van der Waals surface area (Å²) < 4.78 is 16.5. The Kier molecular flexibility index (Phi) is 7.90. The van der Waals surface area contributed by atoms with Crippen molar-refractivity contribution in [3.8, 4) is 11.5 Å². The molecule has 0 spiro atoms. The van der Waals surface area contributed by atoms with Crippen LogP contribution < -0.4 is 9.47 Å². The lowest BCUT2D eigenvalue weighted by Gasteiger charge is -2.24. The SMILES string of the molecule is COc1cc(C=O)ccc1OCC(O)CN(Cc1cccc(Cl)c1)Cc1ccco1. The van der Waals surface area contributed by atoms with Crippen LogP contribution in [0.3, 0.4) is 0 Å². The number of hydrogen-bond donors (Lipinski definition) is 1. The van der Waals surface area contributed by atoms with Crippen molar-refractivity contribution in [1.82, 2.24) is 4.90 Å². The van der Waals surface area contributed by atoms with Crippen LogP contribution in [0.1, 0.15) is 21.7 Å². The molecule has 7 heteroatoms. The molecule has 0 radical (unpaired) electrons. The van der Waals surface area contributed by atoms with E-state index in [9.17, 15) is 9.90 Å². The Morgan fingerprint density at radius 2 is 2.00 bits per heavy atom. The highest BCUT2D eigenvalue weighted by Gasteiger charge is 2.16. The zero-order valence-corrected chi connectivity index (χ0v) is 17.4. The van der Waals surface area contributed by atoms with E-state index < -0.39 is 6.10 Å². The predicted molar refractivity (Wildman–Crippen MR) is 114 cm³/mol. The first-order chi connectivity index (χ1) is 14.6. The number of carbonyl (C=O) groups excluding carboxylic acids is 1. The molecule has 158 valence electrons. The maximum absolute atomic E-state index is 10.9. The number of nitrogens with zero attached hydrogens (tertiary/aromatic N) is 1. The molecule has 1 N–H and O–H groups in total. The van der Waals surface area contributed by atoms with Gasteiger partial charge in [0.15, 0.2) is 11.5 Å². The van der Waals surface area contributed by atoms with Crippen molar-refractivity contribution in [3.05, 3.63) is 82.8 Å². The molecule has 3 aromatic rings. The zero-order chi connectivity index (χ0) is 21.3. The molecule has 6 nitrogen and oxygen atoms in total. The lowest BCUT2D eigenvalue weighted by molar-refractivity contribution is 0.0596. The quantitative estimate of drug-likeness (QED) is 0.461. The number of rotatable bonds is 11. The van der Waals surface area contributed by atoms with Crippen LogP contribution in [-0.2, 0) is 13.1 Å². The number of benzene rings is 2. The van der Waals surface area contributed by atoms with Crippen molar-refractivity contribution in [2.75, 3.05) is 20.3 Å². The highest BCUT2D eigenvalue weighted by molar-refractivity contribution is 6.30. The second-order valence-corrected chi connectivity index (χ2v) is 7.31. The molecule has 0 fully saturated rings. The van der Waals surface area contributed by atoms with Crippen LogP contribution in [0.5, 0.6) is 11.5 Å². The number of ether oxygens (including phenoxy) is 2. The second-order valence-electron chi connectivity index (χ2n) is 6.87. The van der Waals surface area contributed by atoms with E-state index in [1.807, 2.05) is 36.4 Å². The first-order valence-electron chi connectivity index (χ1n) is 9.50. The van der Waals surface area contributed by atoms with E-state index >= 15 is 0 Å². The Hall–Kier alpha value is -2.80. The summed E-state index contributed by atoms with van der Waals surface area (Å²) in [5.74, 6) is 1.71. The molecule has 0 saturated carbocycles. The molecule has 1 heterocycles. The molecule has 30 heavy (non-hydrogen) atoms. The summed E-state index contributed by atoms with van der Waals surface area (Å²) in [6, 6.07) is 16.2. The van der Waals surface area contributed by atoms with Gasteiger partial charge in [0, 0.05) is 23.7 Å². The lowest BCUT2D eigenvalue weighted by Crippen LogP contribution is -2.35. The highest BCUT2D eigenvalue weighted by Crippen LogP contribution is 2.27. The molecule has 3 rings (SSSR count). The van der Waals surface area contributed by atoms with Gasteiger partial charge < -0.3 is 19.0 Å². The van der Waals surface area contributed by atoms with Crippen molar-refractivity contribution in [1.29, 1.82) is 0 Å².